The molecule has 108 valence electrons. The minimum atomic E-state index is 0.779. The SMILES string of the molecule is CCCc1c(-c2cc(Br)ncc2OC)cnn1CCC. The van der Waals surface area contributed by atoms with E-state index in [1.807, 2.05) is 12.3 Å². The number of hydrogen-bond donors (Lipinski definition) is 0. The smallest absolute Gasteiger partial charge is 0.145 e. The molecule has 0 radical (unpaired) electrons. The summed E-state index contributed by atoms with van der Waals surface area (Å²) in [7, 11) is 1.67. The molecular formula is C15H20BrN3O. The van der Waals surface area contributed by atoms with E-state index in [2.05, 4.69) is 44.5 Å². The molecule has 0 amide bonds. The lowest BCUT2D eigenvalue weighted by Gasteiger charge is -2.11. The minimum absolute atomic E-state index is 0.779. The van der Waals surface area contributed by atoms with Crippen molar-refractivity contribution in [2.45, 2.75) is 39.7 Å². The Morgan fingerprint density at radius 3 is 2.65 bits per heavy atom. The second-order valence-electron chi connectivity index (χ2n) is 4.69. The number of rotatable bonds is 6. The molecule has 0 spiro atoms. The van der Waals surface area contributed by atoms with E-state index < -0.39 is 0 Å². The summed E-state index contributed by atoms with van der Waals surface area (Å²) in [6, 6.07) is 1.99. The number of halogens is 1. The number of aryl methyl sites for hydroxylation is 1. The fourth-order valence-electron chi connectivity index (χ4n) is 2.33. The fraction of sp³-hybridized carbons (Fsp3) is 0.467. The van der Waals surface area contributed by atoms with Crippen LogP contribution < -0.4 is 4.74 Å². The highest BCUT2D eigenvalue weighted by Crippen LogP contribution is 2.34. The van der Waals surface area contributed by atoms with Gasteiger partial charge < -0.3 is 4.74 Å². The molecule has 0 aliphatic heterocycles. The summed E-state index contributed by atoms with van der Waals surface area (Å²) in [4.78, 5) is 4.22. The summed E-state index contributed by atoms with van der Waals surface area (Å²) in [5.41, 5.74) is 3.45. The maximum absolute atomic E-state index is 5.44. The van der Waals surface area contributed by atoms with Gasteiger partial charge in [0.2, 0.25) is 0 Å². The van der Waals surface area contributed by atoms with Crippen LogP contribution in [0.3, 0.4) is 0 Å². The number of hydrogen-bond acceptors (Lipinski definition) is 3. The van der Waals surface area contributed by atoms with E-state index in [0.29, 0.717) is 0 Å². The van der Waals surface area contributed by atoms with Crippen molar-refractivity contribution in [3.63, 3.8) is 0 Å². The van der Waals surface area contributed by atoms with Crippen LogP contribution in [0.5, 0.6) is 5.75 Å². The maximum atomic E-state index is 5.44. The Labute approximate surface area is 128 Å². The second kappa shape index (κ2) is 6.88. The van der Waals surface area contributed by atoms with Crippen LogP contribution in [0.25, 0.3) is 11.1 Å². The van der Waals surface area contributed by atoms with Crippen molar-refractivity contribution in [1.82, 2.24) is 14.8 Å². The van der Waals surface area contributed by atoms with Crippen LogP contribution in [-0.4, -0.2) is 21.9 Å². The first-order valence-corrected chi connectivity index (χ1v) is 7.75. The Balaban J connectivity index is 2.54. The van der Waals surface area contributed by atoms with Crippen molar-refractivity contribution in [3.05, 3.63) is 28.8 Å². The van der Waals surface area contributed by atoms with Crippen molar-refractivity contribution in [1.29, 1.82) is 0 Å². The summed E-state index contributed by atoms with van der Waals surface area (Å²) < 4.78 is 8.35. The first-order valence-electron chi connectivity index (χ1n) is 6.95. The third kappa shape index (κ3) is 3.03. The minimum Gasteiger partial charge on any atom is -0.494 e. The van der Waals surface area contributed by atoms with Crippen LogP contribution >= 0.6 is 15.9 Å². The van der Waals surface area contributed by atoms with E-state index in [9.17, 15) is 0 Å². The van der Waals surface area contributed by atoms with Gasteiger partial charge in [-0.05, 0) is 34.8 Å². The normalized spacial score (nSPS) is 10.8. The summed E-state index contributed by atoms with van der Waals surface area (Å²) in [6.07, 6.45) is 6.86. The third-order valence-electron chi connectivity index (χ3n) is 3.22. The average molecular weight is 338 g/mol. The van der Waals surface area contributed by atoms with E-state index in [0.717, 1.165) is 47.3 Å². The largest absolute Gasteiger partial charge is 0.494 e. The molecule has 0 unspecified atom stereocenters. The van der Waals surface area contributed by atoms with Gasteiger partial charge >= 0.3 is 0 Å². The average Bonchev–Trinajstić information content (AvgIpc) is 2.83. The summed E-state index contributed by atoms with van der Waals surface area (Å²) in [5.74, 6) is 0.779. The Morgan fingerprint density at radius 1 is 1.20 bits per heavy atom. The zero-order valence-electron chi connectivity index (χ0n) is 12.2. The van der Waals surface area contributed by atoms with Crippen LogP contribution in [0.1, 0.15) is 32.4 Å². The molecule has 0 N–H and O–H groups in total. The van der Waals surface area contributed by atoms with E-state index in [4.69, 9.17) is 4.74 Å². The molecule has 0 aromatic carbocycles. The van der Waals surface area contributed by atoms with Crippen molar-refractivity contribution >= 4 is 15.9 Å². The molecule has 4 nitrogen and oxygen atoms in total. The molecule has 0 aliphatic carbocycles. The van der Waals surface area contributed by atoms with Gasteiger partial charge in [-0.25, -0.2) is 4.98 Å². The monoisotopic (exact) mass is 337 g/mol. The lowest BCUT2D eigenvalue weighted by Crippen LogP contribution is -2.05. The molecule has 0 bridgehead atoms. The highest BCUT2D eigenvalue weighted by atomic mass is 79.9. The highest BCUT2D eigenvalue weighted by Gasteiger charge is 2.16. The fourth-order valence-corrected chi connectivity index (χ4v) is 2.66. The summed E-state index contributed by atoms with van der Waals surface area (Å²) >= 11 is 3.43. The van der Waals surface area contributed by atoms with Crippen molar-refractivity contribution in [2.24, 2.45) is 0 Å². The van der Waals surface area contributed by atoms with E-state index in [1.54, 1.807) is 13.3 Å². The summed E-state index contributed by atoms with van der Waals surface area (Å²) in [6.45, 7) is 5.30. The lowest BCUT2D eigenvalue weighted by molar-refractivity contribution is 0.414. The first-order chi connectivity index (χ1) is 9.71. The lowest BCUT2D eigenvalue weighted by atomic mass is 10.0. The number of aromatic nitrogens is 3. The molecule has 2 heterocycles. The molecule has 0 saturated heterocycles. The van der Waals surface area contributed by atoms with E-state index in [-0.39, 0.29) is 0 Å². The van der Waals surface area contributed by atoms with Crippen molar-refractivity contribution in [3.8, 4) is 16.9 Å². The van der Waals surface area contributed by atoms with Gasteiger partial charge in [-0.3, -0.25) is 4.68 Å². The molecule has 2 aromatic rings. The molecular weight excluding hydrogens is 318 g/mol. The van der Waals surface area contributed by atoms with E-state index in [1.165, 1.54) is 5.69 Å². The molecule has 2 aromatic heterocycles. The molecule has 2 rings (SSSR count). The second-order valence-corrected chi connectivity index (χ2v) is 5.50. The predicted molar refractivity (Wildman–Crippen MR) is 84.0 cm³/mol. The maximum Gasteiger partial charge on any atom is 0.145 e. The third-order valence-corrected chi connectivity index (χ3v) is 3.65. The topological polar surface area (TPSA) is 39.9 Å². The molecule has 0 aliphatic rings. The van der Waals surface area contributed by atoms with Gasteiger partial charge in [0.25, 0.3) is 0 Å². The quantitative estimate of drug-likeness (QED) is 0.745. The van der Waals surface area contributed by atoms with Gasteiger partial charge in [-0.15, -0.1) is 0 Å². The zero-order chi connectivity index (χ0) is 14.5. The number of ether oxygens (including phenoxy) is 1. The Hall–Kier alpha value is -1.36. The predicted octanol–water partition coefficient (Wildman–Crippen LogP) is 4.08. The molecule has 5 heteroatoms. The molecule has 0 atom stereocenters. The first kappa shape index (κ1) is 15.0. The van der Waals surface area contributed by atoms with Gasteiger partial charge in [-0.1, -0.05) is 20.3 Å². The van der Waals surface area contributed by atoms with Gasteiger partial charge in [-0.2, -0.15) is 5.10 Å². The van der Waals surface area contributed by atoms with Crippen LogP contribution in [0.4, 0.5) is 0 Å². The van der Waals surface area contributed by atoms with Crippen molar-refractivity contribution in [2.75, 3.05) is 7.11 Å². The molecule has 20 heavy (non-hydrogen) atoms. The Kier molecular flexibility index (Phi) is 5.17. The van der Waals surface area contributed by atoms with Gasteiger partial charge in [0.15, 0.2) is 0 Å². The highest BCUT2D eigenvalue weighted by molar-refractivity contribution is 9.10. The van der Waals surface area contributed by atoms with Gasteiger partial charge in [0, 0.05) is 23.4 Å². The Bertz CT molecular complexity index is 580. The zero-order valence-corrected chi connectivity index (χ0v) is 13.8. The number of methoxy groups -OCH3 is 1. The van der Waals surface area contributed by atoms with Crippen LogP contribution in [0, 0.1) is 0 Å². The van der Waals surface area contributed by atoms with Crippen LogP contribution in [0.2, 0.25) is 0 Å². The summed E-state index contributed by atoms with van der Waals surface area (Å²) in [5, 5.41) is 4.53. The van der Waals surface area contributed by atoms with Crippen molar-refractivity contribution < 1.29 is 4.74 Å². The number of pyridine rings is 1. The molecule has 0 saturated carbocycles. The molecule has 0 fully saturated rings. The van der Waals surface area contributed by atoms with E-state index >= 15 is 0 Å². The van der Waals surface area contributed by atoms with Gasteiger partial charge in [0.1, 0.15) is 10.4 Å². The Morgan fingerprint density at radius 2 is 2.00 bits per heavy atom. The van der Waals surface area contributed by atoms with Crippen LogP contribution in [-0.2, 0) is 13.0 Å². The van der Waals surface area contributed by atoms with Crippen LogP contribution in [0.15, 0.2) is 23.1 Å². The number of nitrogens with zero attached hydrogens (tertiary/aromatic N) is 3. The van der Waals surface area contributed by atoms with Gasteiger partial charge in [0.05, 0.1) is 19.5 Å². The standard InChI is InChI=1S/C15H20BrN3O/c1-4-6-13-12(9-18-19(13)7-5-2)11-8-15(16)17-10-14(11)20-3/h8-10H,4-7H2,1-3H3.